The van der Waals surface area contributed by atoms with Crippen LogP contribution in [0.3, 0.4) is 0 Å². The lowest BCUT2D eigenvalue weighted by atomic mass is 9.49. The summed E-state index contributed by atoms with van der Waals surface area (Å²) in [6, 6.07) is 3.71. The third-order valence-electron chi connectivity index (χ3n) is 6.13. The van der Waals surface area contributed by atoms with E-state index >= 15 is 0 Å². The van der Waals surface area contributed by atoms with Crippen LogP contribution in [0.15, 0.2) is 17.2 Å². The Balaban J connectivity index is 1.37. The van der Waals surface area contributed by atoms with E-state index in [1.807, 2.05) is 25.3 Å². The second kappa shape index (κ2) is 6.25. The summed E-state index contributed by atoms with van der Waals surface area (Å²) in [7, 11) is 0. The molecule has 4 nitrogen and oxygen atoms in total. The molecule has 1 amide bonds. The number of aryl methyl sites for hydroxylation is 1. The third kappa shape index (κ3) is 3.15. The van der Waals surface area contributed by atoms with Crippen molar-refractivity contribution in [2.45, 2.75) is 50.5 Å². The van der Waals surface area contributed by atoms with Crippen LogP contribution in [0, 0.1) is 30.1 Å². The van der Waals surface area contributed by atoms with Crippen LogP contribution < -0.4 is 10.1 Å². The van der Waals surface area contributed by atoms with Gasteiger partial charge in [-0.3, -0.25) is 0 Å². The molecule has 1 aromatic rings. The molecule has 4 fully saturated rings. The summed E-state index contributed by atoms with van der Waals surface area (Å²) in [5.74, 6) is 3.26. The van der Waals surface area contributed by atoms with Gasteiger partial charge >= 0.3 is 6.09 Å². The lowest BCUT2D eigenvalue weighted by Crippen LogP contribution is -2.51. The second-order valence-corrected chi connectivity index (χ2v) is 8.92. The van der Waals surface area contributed by atoms with Gasteiger partial charge in [0.05, 0.1) is 0 Å². The van der Waals surface area contributed by atoms with Gasteiger partial charge in [-0.15, -0.1) is 11.8 Å². The summed E-state index contributed by atoms with van der Waals surface area (Å²) >= 11 is 1.50. The Morgan fingerprint density at radius 2 is 1.88 bits per heavy atom. The zero-order valence-electron chi connectivity index (χ0n) is 14.5. The van der Waals surface area contributed by atoms with E-state index in [-0.39, 0.29) is 6.09 Å². The minimum Gasteiger partial charge on any atom is -0.407 e. The Kier molecular flexibility index (Phi) is 4.23. The SMILES string of the molecule is CSc1nc(C)ccc1OC(=O)NCC12CC3CC(CC(C3)C1)C2. The van der Waals surface area contributed by atoms with Crippen molar-refractivity contribution >= 4 is 17.9 Å². The Labute approximate surface area is 148 Å². The summed E-state index contributed by atoms with van der Waals surface area (Å²) in [4.78, 5) is 16.7. The number of nitrogens with zero attached hydrogens (tertiary/aromatic N) is 1. The maximum absolute atomic E-state index is 12.3. The van der Waals surface area contributed by atoms with Crippen LogP contribution in [0.25, 0.3) is 0 Å². The normalized spacial score (nSPS) is 33.5. The molecule has 1 N–H and O–H groups in total. The van der Waals surface area contributed by atoms with E-state index in [1.54, 1.807) is 0 Å². The molecule has 4 saturated carbocycles. The number of carbonyl (C=O) groups is 1. The first-order valence-electron chi connectivity index (χ1n) is 9.02. The largest absolute Gasteiger partial charge is 0.412 e. The molecule has 4 aliphatic carbocycles. The monoisotopic (exact) mass is 346 g/mol. The van der Waals surface area contributed by atoms with Crippen LogP contribution in [-0.4, -0.2) is 23.9 Å². The molecule has 24 heavy (non-hydrogen) atoms. The van der Waals surface area contributed by atoms with E-state index < -0.39 is 0 Å². The standard InChI is InChI=1S/C19H26N2O2S/c1-12-3-4-16(17(21-12)24-2)23-18(22)20-11-19-8-13-5-14(9-19)7-15(6-13)10-19/h3-4,13-15H,5-11H2,1-2H3,(H,20,22). The van der Waals surface area contributed by atoms with E-state index in [0.29, 0.717) is 11.2 Å². The highest BCUT2D eigenvalue weighted by Crippen LogP contribution is 2.59. The lowest BCUT2D eigenvalue weighted by Gasteiger charge is -2.56. The topological polar surface area (TPSA) is 51.2 Å². The molecule has 0 spiro atoms. The van der Waals surface area contributed by atoms with Gasteiger partial charge in [-0.1, -0.05) is 0 Å². The quantitative estimate of drug-likeness (QED) is 0.820. The molecule has 0 aliphatic heterocycles. The zero-order chi connectivity index (χ0) is 16.7. The Morgan fingerprint density at radius 3 is 2.46 bits per heavy atom. The molecule has 130 valence electrons. The number of pyridine rings is 1. The van der Waals surface area contributed by atoms with Crippen molar-refractivity contribution in [2.24, 2.45) is 23.2 Å². The number of nitrogens with one attached hydrogen (secondary N) is 1. The van der Waals surface area contributed by atoms with Gasteiger partial charge in [0.2, 0.25) is 0 Å². The number of rotatable bonds is 4. The number of amides is 1. The predicted molar refractivity (Wildman–Crippen MR) is 95.4 cm³/mol. The van der Waals surface area contributed by atoms with Crippen molar-refractivity contribution in [3.8, 4) is 5.75 Å². The summed E-state index contributed by atoms with van der Waals surface area (Å²) in [6.45, 7) is 2.71. The van der Waals surface area contributed by atoms with E-state index in [0.717, 1.165) is 35.0 Å². The molecule has 0 saturated heterocycles. The number of ether oxygens (including phenoxy) is 1. The second-order valence-electron chi connectivity index (χ2n) is 8.12. The van der Waals surface area contributed by atoms with Crippen LogP contribution in [-0.2, 0) is 0 Å². The van der Waals surface area contributed by atoms with Crippen molar-refractivity contribution in [1.82, 2.24) is 10.3 Å². The Morgan fingerprint density at radius 1 is 1.25 bits per heavy atom. The highest BCUT2D eigenvalue weighted by atomic mass is 32.2. The molecular weight excluding hydrogens is 320 g/mol. The predicted octanol–water partition coefficient (Wildman–Crippen LogP) is 4.42. The molecule has 1 aromatic heterocycles. The van der Waals surface area contributed by atoms with Crippen molar-refractivity contribution in [3.05, 3.63) is 17.8 Å². The zero-order valence-corrected chi connectivity index (χ0v) is 15.3. The molecule has 4 bridgehead atoms. The fourth-order valence-electron chi connectivity index (χ4n) is 5.65. The summed E-state index contributed by atoms with van der Waals surface area (Å²) in [5, 5.41) is 3.82. The molecule has 0 aromatic carbocycles. The van der Waals surface area contributed by atoms with E-state index in [1.165, 1.54) is 50.3 Å². The molecule has 0 unspecified atom stereocenters. The molecule has 0 atom stereocenters. The van der Waals surface area contributed by atoms with Crippen LogP contribution in [0.5, 0.6) is 5.75 Å². The van der Waals surface area contributed by atoms with Gasteiger partial charge in [0.1, 0.15) is 5.03 Å². The molecule has 5 heteroatoms. The van der Waals surface area contributed by atoms with Crippen LogP contribution >= 0.6 is 11.8 Å². The molecule has 4 aliphatic rings. The summed E-state index contributed by atoms with van der Waals surface area (Å²) in [6.07, 6.45) is 9.76. The summed E-state index contributed by atoms with van der Waals surface area (Å²) in [5.41, 5.74) is 1.27. The fourth-order valence-corrected chi connectivity index (χ4v) is 6.19. The van der Waals surface area contributed by atoms with Crippen molar-refractivity contribution in [1.29, 1.82) is 0 Å². The highest BCUT2D eigenvalue weighted by molar-refractivity contribution is 7.98. The summed E-state index contributed by atoms with van der Waals surface area (Å²) < 4.78 is 5.52. The Hall–Kier alpha value is -1.23. The number of thioether (sulfide) groups is 1. The van der Waals surface area contributed by atoms with Crippen molar-refractivity contribution < 1.29 is 9.53 Å². The number of hydrogen-bond donors (Lipinski definition) is 1. The van der Waals surface area contributed by atoms with Gasteiger partial charge in [0.25, 0.3) is 0 Å². The van der Waals surface area contributed by atoms with Crippen LogP contribution in [0.2, 0.25) is 0 Å². The van der Waals surface area contributed by atoms with Gasteiger partial charge in [0, 0.05) is 12.2 Å². The number of hydrogen-bond acceptors (Lipinski definition) is 4. The minimum absolute atomic E-state index is 0.335. The van der Waals surface area contributed by atoms with Crippen LogP contribution in [0.4, 0.5) is 4.79 Å². The molecular formula is C19H26N2O2S. The number of aromatic nitrogens is 1. The fraction of sp³-hybridized carbons (Fsp3) is 0.684. The maximum Gasteiger partial charge on any atom is 0.412 e. The first-order valence-corrected chi connectivity index (χ1v) is 10.2. The van der Waals surface area contributed by atoms with Gasteiger partial charge < -0.3 is 10.1 Å². The Bertz CT molecular complexity index is 611. The smallest absolute Gasteiger partial charge is 0.407 e. The van der Waals surface area contributed by atoms with E-state index in [4.69, 9.17) is 4.74 Å². The van der Waals surface area contributed by atoms with Gasteiger partial charge in [-0.05, 0) is 87.0 Å². The molecule has 1 heterocycles. The van der Waals surface area contributed by atoms with Gasteiger partial charge in [0.15, 0.2) is 5.75 Å². The van der Waals surface area contributed by atoms with Crippen molar-refractivity contribution in [3.63, 3.8) is 0 Å². The van der Waals surface area contributed by atoms with Crippen molar-refractivity contribution in [2.75, 3.05) is 12.8 Å². The van der Waals surface area contributed by atoms with Gasteiger partial charge in [-0.2, -0.15) is 0 Å². The number of carbonyl (C=O) groups excluding carboxylic acids is 1. The highest BCUT2D eigenvalue weighted by Gasteiger charge is 2.50. The average Bonchev–Trinajstić information content (AvgIpc) is 2.53. The molecule has 5 rings (SSSR count). The minimum atomic E-state index is -0.341. The molecule has 0 radical (unpaired) electrons. The van der Waals surface area contributed by atoms with Crippen LogP contribution in [0.1, 0.15) is 44.2 Å². The van der Waals surface area contributed by atoms with E-state index in [9.17, 15) is 4.79 Å². The first-order chi connectivity index (χ1) is 11.5. The lowest BCUT2D eigenvalue weighted by molar-refractivity contribution is -0.0503. The van der Waals surface area contributed by atoms with E-state index in [2.05, 4.69) is 10.3 Å². The maximum atomic E-state index is 12.3. The average molecular weight is 346 g/mol. The first kappa shape index (κ1) is 16.2. The third-order valence-corrected chi connectivity index (χ3v) is 6.81. The van der Waals surface area contributed by atoms with Gasteiger partial charge in [-0.25, -0.2) is 9.78 Å².